The Hall–Kier alpha value is -2.83. The van der Waals surface area contributed by atoms with E-state index in [9.17, 15) is 9.59 Å². The zero-order chi connectivity index (χ0) is 26.1. The SMILES string of the molecule is COc1ccc2nc(CNC(=O)[C@H]3CC[C@H]4[C@@H]5CC(C)=C6N(C)C(=O)CC[C@]6(C)[C@H]5CC[C@]34C)[nH]c2c1. The molecule has 2 heterocycles. The Morgan fingerprint density at radius 3 is 2.81 bits per heavy atom. The molecular weight excluding hydrogens is 464 g/mol. The largest absolute Gasteiger partial charge is 0.497 e. The number of ether oxygens (including phenoxy) is 1. The molecule has 2 aromatic rings. The number of benzene rings is 1. The number of allylic oxidation sites excluding steroid dienone is 2. The van der Waals surface area contributed by atoms with E-state index in [4.69, 9.17) is 4.74 Å². The Kier molecular flexibility index (Phi) is 5.70. The number of nitrogens with one attached hydrogen (secondary N) is 2. The number of imidazole rings is 1. The van der Waals surface area contributed by atoms with Crippen molar-refractivity contribution in [3.63, 3.8) is 0 Å². The third-order valence-corrected chi connectivity index (χ3v) is 10.8. The molecule has 1 aromatic carbocycles. The van der Waals surface area contributed by atoms with Crippen LogP contribution in [0.5, 0.6) is 5.75 Å². The first-order chi connectivity index (χ1) is 17.7. The lowest BCUT2D eigenvalue weighted by Gasteiger charge is -2.59. The molecule has 1 aromatic heterocycles. The number of H-pyrrole nitrogens is 1. The maximum absolute atomic E-state index is 13.6. The molecule has 2 amide bonds. The minimum atomic E-state index is 0.0248. The highest BCUT2D eigenvalue weighted by Gasteiger charge is 2.61. The summed E-state index contributed by atoms with van der Waals surface area (Å²) in [5.41, 5.74) is 4.57. The van der Waals surface area contributed by atoms with E-state index in [0.717, 1.165) is 61.1 Å². The predicted molar refractivity (Wildman–Crippen MR) is 142 cm³/mol. The van der Waals surface area contributed by atoms with Gasteiger partial charge >= 0.3 is 0 Å². The Bertz CT molecular complexity index is 1300. The van der Waals surface area contributed by atoms with Gasteiger partial charge in [-0.25, -0.2) is 4.98 Å². The first kappa shape index (κ1) is 24.5. The van der Waals surface area contributed by atoms with E-state index >= 15 is 0 Å². The fourth-order valence-corrected chi connectivity index (χ4v) is 9.09. The normalized spacial score (nSPS) is 35.3. The van der Waals surface area contributed by atoms with Crippen molar-refractivity contribution in [2.75, 3.05) is 14.2 Å². The molecule has 0 unspecified atom stereocenters. The van der Waals surface area contributed by atoms with Crippen molar-refractivity contribution >= 4 is 22.8 Å². The van der Waals surface area contributed by atoms with Crippen LogP contribution in [0.15, 0.2) is 29.5 Å². The summed E-state index contributed by atoms with van der Waals surface area (Å²) in [6.45, 7) is 7.44. The Balaban J connectivity index is 1.19. The Labute approximate surface area is 219 Å². The van der Waals surface area contributed by atoms with Gasteiger partial charge in [0.15, 0.2) is 0 Å². The number of likely N-dealkylation sites (tertiary alicyclic amines) is 1. The summed E-state index contributed by atoms with van der Waals surface area (Å²) < 4.78 is 5.31. The highest BCUT2D eigenvalue weighted by Crippen LogP contribution is 2.66. The van der Waals surface area contributed by atoms with Crippen molar-refractivity contribution in [3.8, 4) is 5.75 Å². The number of hydrogen-bond donors (Lipinski definition) is 2. The van der Waals surface area contributed by atoms with E-state index in [1.54, 1.807) is 7.11 Å². The maximum atomic E-state index is 13.6. The number of aromatic nitrogens is 2. The second-order valence-corrected chi connectivity index (χ2v) is 12.5. The van der Waals surface area contributed by atoms with Crippen LogP contribution in [0.2, 0.25) is 0 Å². The zero-order valence-corrected chi connectivity index (χ0v) is 22.8. The molecule has 2 saturated carbocycles. The van der Waals surface area contributed by atoms with Crippen LogP contribution in [0.25, 0.3) is 11.0 Å². The van der Waals surface area contributed by atoms with Crippen molar-refractivity contribution in [3.05, 3.63) is 35.3 Å². The Morgan fingerprint density at radius 2 is 2.03 bits per heavy atom. The number of amides is 2. The second-order valence-electron chi connectivity index (χ2n) is 12.5. The number of carbonyl (C=O) groups excluding carboxylic acids is 2. The Morgan fingerprint density at radius 1 is 1.22 bits per heavy atom. The monoisotopic (exact) mass is 504 g/mol. The first-order valence-electron chi connectivity index (χ1n) is 13.9. The summed E-state index contributed by atoms with van der Waals surface area (Å²) >= 11 is 0. The third kappa shape index (κ3) is 3.63. The van der Waals surface area contributed by atoms with Crippen molar-refractivity contribution in [1.82, 2.24) is 20.2 Å². The van der Waals surface area contributed by atoms with Gasteiger partial charge in [0.05, 0.1) is 24.7 Å². The van der Waals surface area contributed by atoms with E-state index in [1.165, 1.54) is 11.3 Å². The van der Waals surface area contributed by atoms with Crippen LogP contribution < -0.4 is 10.1 Å². The second kappa shape index (κ2) is 8.60. The van der Waals surface area contributed by atoms with Gasteiger partial charge in [-0.3, -0.25) is 9.59 Å². The van der Waals surface area contributed by atoms with Gasteiger partial charge in [0, 0.05) is 36.6 Å². The van der Waals surface area contributed by atoms with Crippen molar-refractivity contribution in [1.29, 1.82) is 0 Å². The highest BCUT2D eigenvalue weighted by atomic mass is 16.5. The van der Waals surface area contributed by atoms with E-state index in [-0.39, 0.29) is 28.6 Å². The minimum absolute atomic E-state index is 0.0248. The molecule has 0 bridgehead atoms. The van der Waals surface area contributed by atoms with Crippen molar-refractivity contribution in [2.24, 2.45) is 34.5 Å². The summed E-state index contributed by atoms with van der Waals surface area (Å²) in [6, 6.07) is 5.76. The summed E-state index contributed by atoms with van der Waals surface area (Å²) in [6.07, 6.45) is 6.97. The van der Waals surface area contributed by atoms with E-state index in [1.807, 2.05) is 30.1 Å². The number of methoxy groups -OCH3 is 1. The minimum Gasteiger partial charge on any atom is -0.497 e. The predicted octanol–water partition coefficient (Wildman–Crippen LogP) is 5.18. The molecule has 7 heteroatoms. The number of carbonyl (C=O) groups is 2. The highest BCUT2D eigenvalue weighted by molar-refractivity contribution is 5.81. The molecule has 6 atom stereocenters. The molecule has 0 radical (unpaired) electrons. The molecule has 198 valence electrons. The topological polar surface area (TPSA) is 87.3 Å². The molecule has 3 fully saturated rings. The van der Waals surface area contributed by atoms with Crippen molar-refractivity contribution in [2.45, 2.75) is 72.3 Å². The van der Waals surface area contributed by atoms with Crippen LogP contribution >= 0.6 is 0 Å². The fourth-order valence-electron chi connectivity index (χ4n) is 9.09. The zero-order valence-electron chi connectivity index (χ0n) is 22.8. The van der Waals surface area contributed by atoms with Gasteiger partial charge < -0.3 is 19.9 Å². The molecule has 3 aliphatic carbocycles. The lowest BCUT2D eigenvalue weighted by molar-refractivity contribution is -0.138. The standard InChI is InChI=1S/C30H40N4O3/c1-17-14-19-20-7-8-22(28(36)31-16-25-32-23-9-6-18(37-5)15-24(23)33-25)29(20,2)12-10-21(19)30(3)13-11-26(35)34(4)27(17)30/h6,9,15,19-22H,7-8,10-14,16H2,1-5H3,(H,31,36)(H,32,33)/t19-,20-,21-,22+,29-,30+/m0/s1. The summed E-state index contributed by atoms with van der Waals surface area (Å²) in [4.78, 5) is 36.0. The van der Waals surface area contributed by atoms with Crippen LogP contribution in [0.3, 0.4) is 0 Å². The number of hydrogen-bond acceptors (Lipinski definition) is 4. The van der Waals surface area contributed by atoms with Crippen LogP contribution in [-0.4, -0.2) is 40.8 Å². The molecular formula is C30H40N4O3. The van der Waals surface area contributed by atoms with Crippen LogP contribution in [-0.2, 0) is 16.1 Å². The van der Waals surface area contributed by atoms with Gasteiger partial charge in [-0.1, -0.05) is 19.4 Å². The van der Waals surface area contributed by atoms with Gasteiger partial charge in [-0.05, 0) is 80.8 Å². The van der Waals surface area contributed by atoms with Gasteiger partial charge in [0.25, 0.3) is 0 Å². The third-order valence-electron chi connectivity index (χ3n) is 10.8. The van der Waals surface area contributed by atoms with Crippen LogP contribution in [0, 0.1) is 34.5 Å². The summed E-state index contributed by atoms with van der Waals surface area (Å²) in [5, 5.41) is 3.22. The number of piperidine rings is 1. The van der Waals surface area contributed by atoms with Gasteiger partial charge in [0.2, 0.25) is 11.8 Å². The average molecular weight is 505 g/mol. The summed E-state index contributed by atoms with van der Waals surface area (Å²) in [7, 11) is 3.63. The van der Waals surface area contributed by atoms with E-state index < -0.39 is 0 Å². The van der Waals surface area contributed by atoms with Crippen LogP contribution in [0.1, 0.15) is 71.5 Å². The lowest BCUT2D eigenvalue weighted by Crippen LogP contribution is -2.55. The molecule has 0 spiro atoms. The average Bonchev–Trinajstić information content (AvgIpc) is 3.45. The number of fused-ring (bicyclic) bond motifs is 6. The van der Waals surface area contributed by atoms with E-state index in [2.05, 4.69) is 36.1 Å². The maximum Gasteiger partial charge on any atom is 0.226 e. The van der Waals surface area contributed by atoms with Gasteiger partial charge in [-0.15, -0.1) is 0 Å². The molecule has 6 rings (SSSR count). The van der Waals surface area contributed by atoms with Crippen molar-refractivity contribution < 1.29 is 14.3 Å². The fraction of sp³-hybridized carbons (Fsp3) is 0.633. The number of rotatable bonds is 4. The number of aromatic amines is 1. The van der Waals surface area contributed by atoms with E-state index in [0.29, 0.717) is 30.7 Å². The molecule has 1 saturated heterocycles. The van der Waals surface area contributed by atoms with Gasteiger partial charge in [-0.2, -0.15) is 0 Å². The molecule has 2 N–H and O–H groups in total. The molecule has 4 aliphatic rings. The first-order valence-corrected chi connectivity index (χ1v) is 13.9. The number of nitrogens with zero attached hydrogens (tertiary/aromatic N) is 2. The summed E-state index contributed by atoms with van der Waals surface area (Å²) in [5.74, 6) is 3.75. The van der Waals surface area contributed by atoms with Crippen LogP contribution in [0.4, 0.5) is 0 Å². The lowest BCUT2D eigenvalue weighted by atomic mass is 9.48. The molecule has 7 nitrogen and oxygen atoms in total. The smallest absolute Gasteiger partial charge is 0.226 e. The molecule has 1 aliphatic heterocycles. The molecule has 37 heavy (non-hydrogen) atoms. The quantitative estimate of drug-likeness (QED) is 0.600. The van der Waals surface area contributed by atoms with Gasteiger partial charge in [0.1, 0.15) is 11.6 Å².